The highest BCUT2D eigenvalue weighted by Crippen LogP contribution is 2.04. The van der Waals surface area contributed by atoms with Crippen LogP contribution in [0.1, 0.15) is 22.5 Å². The van der Waals surface area contributed by atoms with E-state index < -0.39 is 0 Å². The lowest BCUT2D eigenvalue weighted by Gasteiger charge is -2.00. The van der Waals surface area contributed by atoms with Crippen LogP contribution in [0.15, 0.2) is 11.7 Å². The number of amides is 1. The Kier molecular flexibility index (Phi) is 5.00. The van der Waals surface area contributed by atoms with Crippen LogP contribution in [-0.2, 0) is 0 Å². The molecule has 1 aromatic heterocycles. The second kappa shape index (κ2) is 6.10. The van der Waals surface area contributed by atoms with Crippen LogP contribution in [0.3, 0.4) is 0 Å². The van der Waals surface area contributed by atoms with Crippen molar-refractivity contribution in [3.8, 4) is 0 Å². The third-order valence-corrected chi connectivity index (χ3v) is 2.83. The molecule has 0 atom stereocenters. The minimum absolute atomic E-state index is 0.0166. The zero-order chi connectivity index (χ0) is 9.52. The van der Waals surface area contributed by atoms with E-state index in [4.69, 9.17) is 0 Å². The van der Waals surface area contributed by atoms with Crippen LogP contribution in [0, 0.1) is 0 Å². The molecular formula is C8H11BrN2OS. The molecule has 1 N–H and O–H groups in total. The number of unbranched alkanes of at least 4 members (excludes halogenated alkanes) is 1. The van der Waals surface area contributed by atoms with E-state index in [1.54, 1.807) is 11.7 Å². The normalized spacial score (nSPS) is 9.92. The highest BCUT2D eigenvalue weighted by molar-refractivity contribution is 9.09. The fraction of sp³-hybridized carbons (Fsp3) is 0.500. The number of hydrogen-bond acceptors (Lipinski definition) is 3. The summed E-state index contributed by atoms with van der Waals surface area (Å²) < 4.78 is 0. The van der Waals surface area contributed by atoms with Crippen LogP contribution in [-0.4, -0.2) is 22.8 Å². The predicted octanol–water partition coefficient (Wildman–Crippen LogP) is 2.05. The molecule has 0 saturated heterocycles. The molecule has 3 nitrogen and oxygen atoms in total. The number of rotatable bonds is 5. The van der Waals surface area contributed by atoms with Gasteiger partial charge < -0.3 is 5.32 Å². The summed E-state index contributed by atoms with van der Waals surface area (Å²) in [5, 5.41) is 3.82. The molecule has 0 aromatic carbocycles. The van der Waals surface area contributed by atoms with Crippen molar-refractivity contribution in [1.82, 2.24) is 10.3 Å². The number of thiazole rings is 1. The molecule has 0 aliphatic carbocycles. The second-order valence-corrected chi connectivity index (χ2v) is 4.20. The monoisotopic (exact) mass is 262 g/mol. The molecule has 0 saturated carbocycles. The Balaban J connectivity index is 2.19. The average molecular weight is 263 g/mol. The fourth-order valence-electron chi connectivity index (χ4n) is 0.836. The van der Waals surface area contributed by atoms with Gasteiger partial charge in [0.25, 0.3) is 5.91 Å². The van der Waals surface area contributed by atoms with E-state index in [2.05, 4.69) is 26.2 Å². The summed E-state index contributed by atoms with van der Waals surface area (Å²) in [5.41, 5.74) is 1.66. The molecule has 0 fully saturated rings. The number of nitrogens with zero attached hydrogens (tertiary/aromatic N) is 1. The Labute approximate surface area is 89.7 Å². The molecule has 1 aromatic rings. The molecule has 1 rings (SSSR count). The molecule has 1 amide bonds. The van der Waals surface area contributed by atoms with Gasteiger partial charge in [-0.2, -0.15) is 0 Å². The highest BCUT2D eigenvalue weighted by atomic mass is 79.9. The van der Waals surface area contributed by atoms with Gasteiger partial charge in [0.05, 0.1) is 11.7 Å². The number of halogens is 1. The molecule has 0 spiro atoms. The summed E-state index contributed by atoms with van der Waals surface area (Å²) in [7, 11) is 0. The molecule has 0 radical (unpaired) electrons. The minimum Gasteiger partial charge on any atom is -0.351 e. The number of carbonyl (C=O) groups excluding carboxylic acids is 1. The number of alkyl halides is 1. The Morgan fingerprint density at radius 3 is 3.08 bits per heavy atom. The highest BCUT2D eigenvalue weighted by Gasteiger charge is 2.04. The van der Waals surface area contributed by atoms with E-state index in [-0.39, 0.29) is 5.91 Å². The summed E-state index contributed by atoms with van der Waals surface area (Å²) in [6.07, 6.45) is 3.68. The third kappa shape index (κ3) is 3.87. The van der Waals surface area contributed by atoms with Crippen molar-refractivity contribution >= 4 is 33.2 Å². The van der Waals surface area contributed by atoms with Gasteiger partial charge in [0, 0.05) is 11.9 Å². The van der Waals surface area contributed by atoms with Gasteiger partial charge in [0.1, 0.15) is 4.88 Å². The van der Waals surface area contributed by atoms with Crippen molar-refractivity contribution in [2.24, 2.45) is 0 Å². The van der Waals surface area contributed by atoms with Gasteiger partial charge in [0.2, 0.25) is 0 Å². The zero-order valence-electron chi connectivity index (χ0n) is 7.12. The molecule has 72 valence electrons. The number of nitrogens with one attached hydrogen (secondary N) is 1. The molecular weight excluding hydrogens is 252 g/mol. The van der Waals surface area contributed by atoms with Crippen molar-refractivity contribution in [3.63, 3.8) is 0 Å². The van der Waals surface area contributed by atoms with Gasteiger partial charge in [-0.25, -0.2) is 0 Å². The van der Waals surface area contributed by atoms with Gasteiger partial charge in [-0.3, -0.25) is 9.78 Å². The Morgan fingerprint density at radius 1 is 1.62 bits per heavy atom. The van der Waals surface area contributed by atoms with Crippen LogP contribution in [0.25, 0.3) is 0 Å². The summed E-state index contributed by atoms with van der Waals surface area (Å²) in [6.45, 7) is 0.738. The molecule has 0 aliphatic rings. The van der Waals surface area contributed by atoms with E-state index in [1.807, 2.05) is 0 Å². The lowest BCUT2D eigenvalue weighted by molar-refractivity contribution is 0.0957. The van der Waals surface area contributed by atoms with E-state index >= 15 is 0 Å². The van der Waals surface area contributed by atoms with Crippen molar-refractivity contribution < 1.29 is 4.79 Å². The van der Waals surface area contributed by atoms with Gasteiger partial charge in [-0.15, -0.1) is 11.3 Å². The fourth-order valence-corrected chi connectivity index (χ4v) is 1.77. The maximum atomic E-state index is 11.3. The van der Waals surface area contributed by atoms with Crippen LogP contribution < -0.4 is 5.32 Å². The van der Waals surface area contributed by atoms with Crippen LogP contribution in [0.4, 0.5) is 0 Å². The second-order valence-electron chi connectivity index (χ2n) is 2.52. The zero-order valence-corrected chi connectivity index (χ0v) is 9.53. The Bertz CT molecular complexity index is 251. The molecule has 0 bridgehead atoms. The molecule has 5 heteroatoms. The Hall–Kier alpha value is -0.420. The van der Waals surface area contributed by atoms with E-state index in [0.29, 0.717) is 4.88 Å². The van der Waals surface area contributed by atoms with E-state index in [9.17, 15) is 4.79 Å². The SMILES string of the molecule is O=C(NCCCCBr)c1cncs1. The van der Waals surface area contributed by atoms with E-state index in [0.717, 1.165) is 24.7 Å². The van der Waals surface area contributed by atoms with Gasteiger partial charge >= 0.3 is 0 Å². The summed E-state index contributed by atoms with van der Waals surface area (Å²) in [4.78, 5) is 15.8. The summed E-state index contributed by atoms with van der Waals surface area (Å²) >= 11 is 4.70. The lowest BCUT2D eigenvalue weighted by Crippen LogP contribution is -2.23. The minimum atomic E-state index is -0.0166. The van der Waals surface area contributed by atoms with Gasteiger partial charge in [-0.05, 0) is 12.8 Å². The number of hydrogen-bond donors (Lipinski definition) is 1. The number of aromatic nitrogens is 1. The first kappa shape index (κ1) is 10.7. The van der Waals surface area contributed by atoms with Crippen molar-refractivity contribution in [2.75, 3.05) is 11.9 Å². The predicted molar refractivity (Wildman–Crippen MR) is 57.5 cm³/mol. The quantitative estimate of drug-likeness (QED) is 0.652. The molecule has 0 unspecified atom stereocenters. The maximum Gasteiger partial charge on any atom is 0.262 e. The summed E-state index contributed by atoms with van der Waals surface area (Å²) in [5.74, 6) is -0.0166. The smallest absolute Gasteiger partial charge is 0.262 e. The maximum absolute atomic E-state index is 11.3. The van der Waals surface area contributed by atoms with Crippen LogP contribution in [0.2, 0.25) is 0 Å². The van der Waals surface area contributed by atoms with E-state index in [1.165, 1.54) is 11.3 Å². The Morgan fingerprint density at radius 2 is 2.46 bits per heavy atom. The first-order valence-corrected chi connectivity index (χ1v) is 6.07. The largest absolute Gasteiger partial charge is 0.351 e. The van der Waals surface area contributed by atoms with Crippen LogP contribution >= 0.6 is 27.3 Å². The van der Waals surface area contributed by atoms with Gasteiger partial charge in [0.15, 0.2) is 0 Å². The van der Waals surface area contributed by atoms with Crippen LogP contribution in [0.5, 0.6) is 0 Å². The topological polar surface area (TPSA) is 42.0 Å². The van der Waals surface area contributed by atoms with Gasteiger partial charge in [-0.1, -0.05) is 15.9 Å². The summed E-state index contributed by atoms with van der Waals surface area (Å²) in [6, 6.07) is 0. The molecule has 1 heterocycles. The first-order chi connectivity index (χ1) is 6.34. The molecule has 0 aliphatic heterocycles. The molecule has 13 heavy (non-hydrogen) atoms. The lowest BCUT2D eigenvalue weighted by atomic mass is 10.3. The standard InChI is InChI=1S/C8H11BrN2OS/c9-3-1-2-4-11-8(12)7-5-10-6-13-7/h5-6H,1-4H2,(H,11,12). The third-order valence-electron chi connectivity index (χ3n) is 1.50. The first-order valence-electron chi connectivity index (χ1n) is 4.07. The van der Waals surface area contributed by atoms with Crippen molar-refractivity contribution in [1.29, 1.82) is 0 Å². The van der Waals surface area contributed by atoms with Crippen molar-refractivity contribution in [2.45, 2.75) is 12.8 Å². The van der Waals surface area contributed by atoms with Crippen molar-refractivity contribution in [3.05, 3.63) is 16.6 Å². The number of carbonyl (C=O) groups is 1. The average Bonchev–Trinajstić information content (AvgIpc) is 2.65.